The van der Waals surface area contributed by atoms with Crippen molar-refractivity contribution < 1.29 is 9.90 Å². The molecule has 1 rings (SSSR count). The van der Waals surface area contributed by atoms with E-state index in [0.29, 0.717) is 11.8 Å². The van der Waals surface area contributed by atoms with Crippen molar-refractivity contribution in [2.45, 2.75) is 31.7 Å². The first-order valence-corrected chi connectivity index (χ1v) is 5.88. The average molecular weight is 250 g/mol. The van der Waals surface area contributed by atoms with E-state index in [0.717, 1.165) is 25.8 Å². The van der Waals surface area contributed by atoms with E-state index in [1.54, 1.807) is 0 Å². The molecule has 1 amide bonds. The van der Waals surface area contributed by atoms with E-state index in [-0.39, 0.29) is 18.6 Å². The molecule has 1 N–H and O–H groups in total. The third-order valence-corrected chi connectivity index (χ3v) is 2.86. The van der Waals surface area contributed by atoms with Crippen LogP contribution in [0.1, 0.15) is 25.7 Å². The Morgan fingerprint density at radius 1 is 1.54 bits per heavy atom. The van der Waals surface area contributed by atoms with Gasteiger partial charge in [-0.25, -0.2) is 0 Å². The van der Waals surface area contributed by atoms with Gasteiger partial charge in [0, 0.05) is 18.3 Å². The van der Waals surface area contributed by atoms with Crippen LogP contribution in [0.4, 0.5) is 0 Å². The Labute approximate surface area is 87.2 Å². The molecule has 1 aliphatic heterocycles. The first kappa shape index (κ1) is 11.0. The van der Waals surface area contributed by atoms with Crippen molar-refractivity contribution in [3.05, 3.63) is 0 Å². The topological polar surface area (TPSA) is 40.5 Å². The minimum atomic E-state index is 0.0697. The van der Waals surface area contributed by atoms with Gasteiger partial charge in [0.05, 0.1) is 12.6 Å². The predicted octanol–water partition coefficient (Wildman–Crippen LogP) is 1.14. The van der Waals surface area contributed by atoms with Crippen LogP contribution in [0.2, 0.25) is 0 Å². The van der Waals surface area contributed by atoms with Gasteiger partial charge in [0.1, 0.15) is 0 Å². The van der Waals surface area contributed by atoms with Crippen molar-refractivity contribution in [1.82, 2.24) is 4.90 Å². The van der Waals surface area contributed by atoms with Gasteiger partial charge in [-0.3, -0.25) is 4.79 Å². The zero-order chi connectivity index (χ0) is 9.68. The van der Waals surface area contributed by atoms with Crippen LogP contribution in [0.25, 0.3) is 0 Å². The van der Waals surface area contributed by atoms with Gasteiger partial charge in [0.15, 0.2) is 0 Å². The molecule has 0 radical (unpaired) electrons. The van der Waals surface area contributed by atoms with E-state index < -0.39 is 0 Å². The summed E-state index contributed by atoms with van der Waals surface area (Å²) in [4.78, 5) is 13.4. The number of piperidine rings is 1. The molecule has 13 heavy (non-hydrogen) atoms. The number of likely N-dealkylation sites (tertiary alicyclic amines) is 1. The molecular formula is C9H16BrNO2. The molecule has 3 nitrogen and oxygen atoms in total. The van der Waals surface area contributed by atoms with Crippen LogP contribution >= 0.6 is 15.9 Å². The summed E-state index contributed by atoms with van der Waals surface area (Å²) in [5.74, 6) is 0.163. The first-order valence-electron chi connectivity index (χ1n) is 4.76. The van der Waals surface area contributed by atoms with Crippen LogP contribution in [0.3, 0.4) is 0 Å². The van der Waals surface area contributed by atoms with Crippen LogP contribution in [-0.2, 0) is 4.79 Å². The molecule has 1 aliphatic rings. The summed E-state index contributed by atoms with van der Waals surface area (Å²) < 4.78 is 0. The summed E-state index contributed by atoms with van der Waals surface area (Å²) in [6, 6.07) is 0.0697. The van der Waals surface area contributed by atoms with Gasteiger partial charge in [0.2, 0.25) is 5.91 Å². The van der Waals surface area contributed by atoms with E-state index in [1.807, 2.05) is 4.90 Å². The van der Waals surface area contributed by atoms with Gasteiger partial charge in [-0.05, 0) is 19.3 Å². The number of hydrogen-bond acceptors (Lipinski definition) is 2. The smallest absolute Gasteiger partial charge is 0.223 e. The second-order valence-electron chi connectivity index (χ2n) is 3.36. The SMILES string of the molecule is O=C(CCBr)N1CCCCC1CO. The Morgan fingerprint density at radius 2 is 2.31 bits per heavy atom. The van der Waals surface area contributed by atoms with Gasteiger partial charge < -0.3 is 10.0 Å². The van der Waals surface area contributed by atoms with Crippen molar-refractivity contribution in [3.63, 3.8) is 0 Å². The Hall–Kier alpha value is -0.0900. The molecule has 0 spiro atoms. The van der Waals surface area contributed by atoms with E-state index in [4.69, 9.17) is 5.11 Å². The van der Waals surface area contributed by atoms with Gasteiger partial charge in [-0.1, -0.05) is 15.9 Å². The molecule has 1 atom stereocenters. The summed E-state index contributed by atoms with van der Waals surface area (Å²) in [6.45, 7) is 0.922. The molecular weight excluding hydrogens is 234 g/mol. The molecule has 0 aromatic heterocycles. The zero-order valence-corrected chi connectivity index (χ0v) is 9.29. The predicted molar refractivity (Wildman–Crippen MR) is 54.8 cm³/mol. The minimum Gasteiger partial charge on any atom is -0.394 e. The molecule has 0 aromatic rings. The zero-order valence-electron chi connectivity index (χ0n) is 7.71. The normalized spacial score (nSPS) is 23.2. The summed E-state index contributed by atoms with van der Waals surface area (Å²) in [7, 11) is 0. The maximum absolute atomic E-state index is 11.6. The molecule has 0 bridgehead atoms. The largest absolute Gasteiger partial charge is 0.394 e. The summed E-state index contributed by atoms with van der Waals surface area (Å²) in [5, 5.41) is 9.78. The Kier molecular flexibility index (Phi) is 4.73. The molecule has 0 aromatic carbocycles. The number of alkyl halides is 1. The Bertz CT molecular complexity index is 175. The van der Waals surface area contributed by atoms with Crippen molar-refractivity contribution >= 4 is 21.8 Å². The van der Waals surface area contributed by atoms with Crippen LogP contribution in [0.5, 0.6) is 0 Å². The maximum atomic E-state index is 11.6. The maximum Gasteiger partial charge on any atom is 0.223 e. The number of aliphatic hydroxyl groups is 1. The lowest BCUT2D eigenvalue weighted by molar-refractivity contribution is -0.135. The number of nitrogens with zero attached hydrogens (tertiary/aromatic N) is 1. The highest BCUT2D eigenvalue weighted by atomic mass is 79.9. The van der Waals surface area contributed by atoms with Gasteiger partial charge >= 0.3 is 0 Å². The Balaban J connectivity index is 2.48. The van der Waals surface area contributed by atoms with E-state index in [2.05, 4.69) is 15.9 Å². The van der Waals surface area contributed by atoms with Crippen molar-refractivity contribution in [1.29, 1.82) is 0 Å². The number of rotatable bonds is 3. The highest BCUT2D eigenvalue weighted by Crippen LogP contribution is 2.17. The number of carbonyl (C=O) groups is 1. The second kappa shape index (κ2) is 5.60. The molecule has 0 aliphatic carbocycles. The number of hydrogen-bond donors (Lipinski definition) is 1. The minimum absolute atomic E-state index is 0.0697. The molecule has 1 saturated heterocycles. The third-order valence-electron chi connectivity index (χ3n) is 2.47. The Morgan fingerprint density at radius 3 is 2.92 bits per heavy atom. The monoisotopic (exact) mass is 249 g/mol. The summed E-state index contributed by atoms with van der Waals surface area (Å²) in [5.41, 5.74) is 0. The second-order valence-corrected chi connectivity index (χ2v) is 4.15. The molecule has 4 heteroatoms. The highest BCUT2D eigenvalue weighted by molar-refractivity contribution is 9.09. The molecule has 1 fully saturated rings. The molecule has 1 unspecified atom stereocenters. The van der Waals surface area contributed by atoms with Gasteiger partial charge in [-0.2, -0.15) is 0 Å². The van der Waals surface area contributed by atoms with Gasteiger partial charge in [-0.15, -0.1) is 0 Å². The van der Waals surface area contributed by atoms with E-state index >= 15 is 0 Å². The molecule has 1 heterocycles. The first-order chi connectivity index (χ1) is 6.29. The van der Waals surface area contributed by atoms with Crippen LogP contribution in [-0.4, -0.2) is 40.4 Å². The van der Waals surface area contributed by atoms with Crippen molar-refractivity contribution in [3.8, 4) is 0 Å². The molecule has 0 saturated carbocycles. The number of carbonyl (C=O) groups excluding carboxylic acids is 1. The van der Waals surface area contributed by atoms with Gasteiger partial charge in [0.25, 0.3) is 0 Å². The number of amides is 1. The fourth-order valence-corrected chi connectivity index (χ4v) is 2.08. The van der Waals surface area contributed by atoms with Crippen LogP contribution < -0.4 is 0 Å². The van der Waals surface area contributed by atoms with E-state index in [9.17, 15) is 4.79 Å². The number of halogens is 1. The summed E-state index contributed by atoms with van der Waals surface area (Å²) >= 11 is 3.25. The standard InChI is InChI=1S/C9H16BrNO2/c10-5-4-9(13)11-6-2-1-3-8(11)7-12/h8,12H,1-7H2. The lowest BCUT2D eigenvalue weighted by Gasteiger charge is -2.34. The fourth-order valence-electron chi connectivity index (χ4n) is 1.74. The van der Waals surface area contributed by atoms with Crippen molar-refractivity contribution in [2.75, 3.05) is 18.5 Å². The van der Waals surface area contributed by atoms with E-state index in [1.165, 1.54) is 0 Å². The summed E-state index contributed by atoms with van der Waals surface area (Å²) in [6.07, 6.45) is 3.69. The highest BCUT2D eigenvalue weighted by Gasteiger charge is 2.24. The lowest BCUT2D eigenvalue weighted by Crippen LogP contribution is -2.45. The third kappa shape index (κ3) is 2.95. The van der Waals surface area contributed by atoms with Crippen molar-refractivity contribution in [2.24, 2.45) is 0 Å². The van der Waals surface area contributed by atoms with Crippen LogP contribution in [0.15, 0.2) is 0 Å². The number of aliphatic hydroxyl groups excluding tert-OH is 1. The fraction of sp³-hybridized carbons (Fsp3) is 0.889. The van der Waals surface area contributed by atoms with Crippen LogP contribution in [0, 0.1) is 0 Å². The average Bonchev–Trinajstić information content (AvgIpc) is 2.18. The quantitative estimate of drug-likeness (QED) is 0.763. The lowest BCUT2D eigenvalue weighted by atomic mass is 10.0. The molecule has 76 valence electrons.